The van der Waals surface area contributed by atoms with E-state index < -0.39 is 0 Å². The van der Waals surface area contributed by atoms with Gasteiger partial charge in [0.05, 0.1) is 18.2 Å². The van der Waals surface area contributed by atoms with Crippen LogP contribution in [0.15, 0.2) is 16.6 Å². The second kappa shape index (κ2) is 6.11. The van der Waals surface area contributed by atoms with Crippen LogP contribution in [0.1, 0.15) is 19.4 Å². The first-order valence-corrected chi connectivity index (χ1v) is 6.12. The number of ether oxygens (including phenoxy) is 2. The van der Waals surface area contributed by atoms with Gasteiger partial charge >= 0.3 is 0 Å². The van der Waals surface area contributed by atoms with Crippen LogP contribution in [0.5, 0.6) is 11.5 Å². The molecule has 1 aromatic carbocycles. The standard InChI is InChI=1S/C12H18BrNO2/c1-4-16-11-7-9(5-8(2)14)6-10(13)12(11)15-3/h6-8H,4-5,14H2,1-3H3. The summed E-state index contributed by atoms with van der Waals surface area (Å²) in [6, 6.07) is 4.14. The zero-order chi connectivity index (χ0) is 12.1. The van der Waals surface area contributed by atoms with Gasteiger partial charge in [0.15, 0.2) is 11.5 Å². The molecule has 1 atom stereocenters. The predicted octanol–water partition coefficient (Wildman–Crippen LogP) is 2.75. The van der Waals surface area contributed by atoms with Crippen LogP contribution in [0.4, 0.5) is 0 Å². The van der Waals surface area contributed by atoms with Crippen molar-refractivity contribution >= 4 is 15.9 Å². The van der Waals surface area contributed by atoms with E-state index in [1.807, 2.05) is 26.0 Å². The summed E-state index contributed by atoms with van der Waals surface area (Å²) in [5.74, 6) is 1.49. The van der Waals surface area contributed by atoms with Crippen LogP contribution in [0.25, 0.3) is 0 Å². The maximum Gasteiger partial charge on any atom is 0.174 e. The average Bonchev–Trinajstić information content (AvgIpc) is 2.16. The van der Waals surface area contributed by atoms with Crippen molar-refractivity contribution in [3.63, 3.8) is 0 Å². The molecule has 0 fully saturated rings. The Morgan fingerprint density at radius 2 is 2.12 bits per heavy atom. The lowest BCUT2D eigenvalue weighted by Crippen LogP contribution is -2.17. The lowest BCUT2D eigenvalue weighted by molar-refractivity contribution is 0.309. The number of hydrogen-bond acceptors (Lipinski definition) is 3. The summed E-state index contributed by atoms with van der Waals surface area (Å²) in [7, 11) is 1.63. The van der Waals surface area contributed by atoms with Gasteiger partial charge in [0, 0.05) is 6.04 Å². The van der Waals surface area contributed by atoms with Crippen LogP contribution in [-0.4, -0.2) is 19.8 Å². The van der Waals surface area contributed by atoms with E-state index in [-0.39, 0.29) is 6.04 Å². The third kappa shape index (κ3) is 3.39. The number of methoxy groups -OCH3 is 1. The monoisotopic (exact) mass is 287 g/mol. The molecule has 3 nitrogen and oxygen atoms in total. The first kappa shape index (κ1) is 13.3. The highest BCUT2D eigenvalue weighted by Gasteiger charge is 2.11. The van der Waals surface area contributed by atoms with Gasteiger partial charge in [-0.05, 0) is 53.9 Å². The van der Waals surface area contributed by atoms with Gasteiger partial charge in [0.1, 0.15) is 0 Å². The molecular weight excluding hydrogens is 270 g/mol. The van der Waals surface area contributed by atoms with Crippen molar-refractivity contribution in [2.45, 2.75) is 26.3 Å². The van der Waals surface area contributed by atoms with Crippen LogP contribution in [0.2, 0.25) is 0 Å². The van der Waals surface area contributed by atoms with Gasteiger partial charge in [-0.15, -0.1) is 0 Å². The van der Waals surface area contributed by atoms with Crippen molar-refractivity contribution in [3.05, 3.63) is 22.2 Å². The SMILES string of the molecule is CCOc1cc(CC(C)N)cc(Br)c1OC. The minimum Gasteiger partial charge on any atom is -0.492 e. The van der Waals surface area contributed by atoms with Gasteiger partial charge < -0.3 is 15.2 Å². The number of rotatable bonds is 5. The van der Waals surface area contributed by atoms with Gasteiger partial charge in [-0.25, -0.2) is 0 Å². The molecule has 1 unspecified atom stereocenters. The van der Waals surface area contributed by atoms with Crippen molar-refractivity contribution in [2.75, 3.05) is 13.7 Å². The van der Waals surface area contributed by atoms with Gasteiger partial charge in [-0.1, -0.05) is 0 Å². The van der Waals surface area contributed by atoms with Crippen LogP contribution >= 0.6 is 15.9 Å². The van der Waals surface area contributed by atoms with E-state index in [4.69, 9.17) is 15.2 Å². The highest BCUT2D eigenvalue weighted by Crippen LogP contribution is 2.36. The van der Waals surface area contributed by atoms with Crippen LogP contribution in [-0.2, 0) is 6.42 Å². The van der Waals surface area contributed by atoms with Crippen LogP contribution in [0.3, 0.4) is 0 Å². The van der Waals surface area contributed by atoms with Crippen molar-refractivity contribution in [2.24, 2.45) is 5.73 Å². The highest BCUT2D eigenvalue weighted by molar-refractivity contribution is 9.10. The highest BCUT2D eigenvalue weighted by atomic mass is 79.9. The number of hydrogen-bond donors (Lipinski definition) is 1. The summed E-state index contributed by atoms with van der Waals surface area (Å²) < 4.78 is 11.7. The fourth-order valence-corrected chi connectivity index (χ4v) is 2.22. The molecule has 1 rings (SSSR count). The van der Waals surface area contributed by atoms with E-state index in [0.29, 0.717) is 6.61 Å². The molecule has 0 heterocycles. The Labute approximate surface area is 105 Å². The molecular formula is C12H18BrNO2. The third-order valence-electron chi connectivity index (χ3n) is 2.13. The molecule has 0 saturated heterocycles. The Hall–Kier alpha value is -0.740. The number of benzene rings is 1. The molecule has 1 aromatic rings. The molecule has 0 aliphatic heterocycles. The molecule has 0 spiro atoms. The average molecular weight is 288 g/mol. The predicted molar refractivity (Wildman–Crippen MR) is 69.2 cm³/mol. The Bertz CT molecular complexity index is 353. The van der Waals surface area contributed by atoms with E-state index in [2.05, 4.69) is 15.9 Å². The summed E-state index contributed by atoms with van der Waals surface area (Å²) in [5, 5.41) is 0. The molecule has 0 bridgehead atoms. The number of halogens is 1. The molecule has 16 heavy (non-hydrogen) atoms. The van der Waals surface area contributed by atoms with E-state index in [0.717, 1.165) is 28.0 Å². The Morgan fingerprint density at radius 1 is 1.44 bits per heavy atom. The minimum atomic E-state index is 0.134. The summed E-state index contributed by atoms with van der Waals surface area (Å²) in [6.07, 6.45) is 0.822. The molecule has 0 aliphatic carbocycles. The lowest BCUT2D eigenvalue weighted by Gasteiger charge is -2.14. The van der Waals surface area contributed by atoms with Crippen molar-refractivity contribution in [1.29, 1.82) is 0 Å². The minimum absolute atomic E-state index is 0.134. The van der Waals surface area contributed by atoms with Crippen molar-refractivity contribution < 1.29 is 9.47 Å². The van der Waals surface area contributed by atoms with Gasteiger partial charge in [0.2, 0.25) is 0 Å². The Kier molecular flexibility index (Phi) is 5.09. The molecule has 4 heteroatoms. The second-order valence-corrected chi connectivity index (χ2v) is 4.58. The summed E-state index contributed by atoms with van der Waals surface area (Å²) >= 11 is 3.47. The smallest absolute Gasteiger partial charge is 0.174 e. The van der Waals surface area contributed by atoms with E-state index in [9.17, 15) is 0 Å². The zero-order valence-electron chi connectivity index (χ0n) is 9.92. The Balaban J connectivity index is 3.06. The fraction of sp³-hybridized carbons (Fsp3) is 0.500. The molecule has 0 aromatic heterocycles. The largest absolute Gasteiger partial charge is 0.492 e. The van der Waals surface area contributed by atoms with Gasteiger partial charge in [0.25, 0.3) is 0 Å². The van der Waals surface area contributed by atoms with Gasteiger partial charge in [-0.3, -0.25) is 0 Å². The molecule has 2 N–H and O–H groups in total. The van der Waals surface area contributed by atoms with E-state index in [1.54, 1.807) is 7.11 Å². The normalized spacial score (nSPS) is 12.3. The van der Waals surface area contributed by atoms with Gasteiger partial charge in [-0.2, -0.15) is 0 Å². The zero-order valence-corrected chi connectivity index (χ0v) is 11.5. The second-order valence-electron chi connectivity index (χ2n) is 3.72. The third-order valence-corrected chi connectivity index (χ3v) is 2.72. The van der Waals surface area contributed by atoms with Crippen LogP contribution < -0.4 is 15.2 Å². The number of nitrogens with two attached hydrogens (primary N) is 1. The summed E-state index contributed by atoms with van der Waals surface area (Å²) in [5.41, 5.74) is 6.93. The first-order chi connectivity index (χ1) is 7.58. The topological polar surface area (TPSA) is 44.5 Å². The molecule has 0 aliphatic rings. The van der Waals surface area contributed by atoms with E-state index in [1.165, 1.54) is 0 Å². The van der Waals surface area contributed by atoms with Crippen molar-refractivity contribution in [1.82, 2.24) is 0 Å². The first-order valence-electron chi connectivity index (χ1n) is 5.33. The fourth-order valence-electron chi connectivity index (χ4n) is 1.57. The molecule has 0 radical (unpaired) electrons. The molecule has 0 saturated carbocycles. The maximum absolute atomic E-state index is 5.78. The summed E-state index contributed by atoms with van der Waals surface area (Å²) in [6.45, 7) is 4.55. The van der Waals surface area contributed by atoms with E-state index >= 15 is 0 Å². The summed E-state index contributed by atoms with van der Waals surface area (Å²) in [4.78, 5) is 0. The quantitative estimate of drug-likeness (QED) is 0.906. The maximum atomic E-state index is 5.78. The van der Waals surface area contributed by atoms with Crippen molar-refractivity contribution in [3.8, 4) is 11.5 Å². The molecule has 90 valence electrons. The van der Waals surface area contributed by atoms with Crippen LogP contribution in [0, 0.1) is 0 Å². The lowest BCUT2D eigenvalue weighted by atomic mass is 10.1. The molecule has 0 amide bonds. The Morgan fingerprint density at radius 3 is 2.62 bits per heavy atom.